The maximum absolute atomic E-state index is 13.4. The number of aromatic nitrogens is 2. The summed E-state index contributed by atoms with van der Waals surface area (Å²) in [5.74, 6) is -1.79. The molecule has 0 saturated carbocycles. The molecule has 152 valence electrons. The van der Waals surface area contributed by atoms with Crippen molar-refractivity contribution in [2.75, 3.05) is 13.1 Å². The molecule has 2 heterocycles. The van der Waals surface area contributed by atoms with Crippen LogP contribution in [0.15, 0.2) is 51.8 Å². The van der Waals surface area contributed by atoms with Crippen molar-refractivity contribution in [3.05, 3.63) is 65.8 Å². The first-order valence-electron chi connectivity index (χ1n) is 8.88. The average molecular weight is 423 g/mol. The van der Waals surface area contributed by atoms with Gasteiger partial charge in [0.05, 0.1) is 4.90 Å². The van der Waals surface area contributed by atoms with Crippen LogP contribution in [0.4, 0.5) is 13.2 Å². The van der Waals surface area contributed by atoms with Crippen molar-refractivity contribution in [3.63, 3.8) is 0 Å². The van der Waals surface area contributed by atoms with E-state index in [4.69, 9.17) is 4.42 Å². The van der Waals surface area contributed by atoms with Crippen LogP contribution >= 0.6 is 0 Å². The zero-order valence-corrected chi connectivity index (χ0v) is 15.9. The molecule has 1 aromatic heterocycles. The van der Waals surface area contributed by atoms with Crippen molar-refractivity contribution in [2.24, 2.45) is 0 Å². The van der Waals surface area contributed by atoms with Gasteiger partial charge in [0.1, 0.15) is 17.5 Å². The van der Waals surface area contributed by atoms with E-state index in [1.165, 1.54) is 28.6 Å². The molecule has 0 N–H and O–H groups in total. The maximum atomic E-state index is 13.4. The first-order valence-corrected chi connectivity index (χ1v) is 10.3. The second-order valence-corrected chi connectivity index (χ2v) is 8.67. The molecule has 0 unspecified atom stereocenters. The zero-order chi connectivity index (χ0) is 20.6. The summed E-state index contributed by atoms with van der Waals surface area (Å²) < 4.78 is 72.0. The van der Waals surface area contributed by atoms with Crippen LogP contribution in [0.3, 0.4) is 0 Å². The minimum absolute atomic E-state index is 0.146. The summed E-state index contributed by atoms with van der Waals surface area (Å²) in [5.41, 5.74) is 0.582. The fraction of sp³-hybridized carbons (Fsp3) is 0.263. The Balaban J connectivity index is 1.46. The van der Waals surface area contributed by atoms with E-state index < -0.39 is 26.6 Å². The molecule has 1 aliphatic rings. The van der Waals surface area contributed by atoms with Gasteiger partial charge in [-0.25, -0.2) is 21.6 Å². The Kier molecular flexibility index (Phi) is 5.13. The third kappa shape index (κ3) is 4.03. The lowest BCUT2D eigenvalue weighted by Gasteiger charge is -2.29. The highest BCUT2D eigenvalue weighted by Crippen LogP contribution is 2.31. The molecule has 2 aromatic carbocycles. The Bertz CT molecular complexity index is 1100. The molecule has 0 amide bonds. The summed E-state index contributed by atoms with van der Waals surface area (Å²) in [6.07, 6.45) is 0.837. The van der Waals surface area contributed by atoms with E-state index in [0.717, 1.165) is 12.1 Å². The van der Waals surface area contributed by atoms with E-state index in [9.17, 15) is 21.6 Å². The van der Waals surface area contributed by atoms with Crippen LogP contribution in [-0.2, 0) is 10.0 Å². The Morgan fingerprint density at radius 2 is 1.52 bits per heavy atom. The van der Waals surface area contributed by atoms with Crippen LogP contribution in [-0.4, -0.2) is 36.0 Å². The highest BCUT2D eigenvalue weighted by molar-refractivity contribution is 7.89. The molecule has 29 heavy (non-hydrogen) atoms. The van der Waals surface area contributed by atoms with Gasteiger partial charge in [-0.2, -0.15) is 4.31 Å². The predicted molar refractivity (Wildman–Crippen MR) is 96.8 cm³/mol. The molecule has 1 aliphatic heterocycles. The Labute approximate surface area is 165 Å². The highest BCUT2D eigenvalue weighted by atomic mass is 32.2. The van der Waals surface area contributed by atoms with E-state index in [0.29, 0.717) is 30.4 Å². The second-order valence-electron chi connectivity index (χ2n) is 6.74. The fourth-order valence-electron chi connectivity index (χ4n) is 3.28. The second kappa shape index (κ2) is 7.60. The fourth-order valence-corrected chi connectivity index (χ4v) is 4.79. The molecular formula is C19H16F3N3O3S. The number of nitrogens with zero attached hydrogens (tertiary/aromatic N) is 3. The molecule has 4 rings (SSSR count). The van der Waals surface area contributed by atoms with Crippen LogP contribution in [0.1, 0.15) is 24.7 Å². The summed E-state index contributed by atoms with van der Waals surface area (Å²) >= 11 is 0. The molecule has 0 bridgehead atoms. The molecule has 0 aliphatic carbocycles. The monoisotopic (exact) mass is 423 g/mol. The summed E-state index contributed by atoms with van der Waals surface area (Å²) in [6, 6.07) is 7.87. The molecule has 0 atom stereocenters. The zero-order valence-electron chi connectivity index (χ0n) is 15.1. The molecule has 3 aromatic rings. The van der Waals surface area contributed by atoms with E-state index >= 15 is 0 Å². The van der Waals surface area contributed by atoms with Crippen molar-refractivity contribution < 1.29 is 26.0 Å². The van der Waals surface area contributed by atoms with Crippen molar-refractivity contribution in [1.29, 1.82) is 0 Å². The number of hydrogen-bond acceptors (Lipinski definition) is 5. The summed E-state index contributed by atoms with van der Waals surface area (Å²) in [4.78, 5) is -0.412. The number of rotatable bonds is 4. The van der Waals surface area contributed by atoms with Gasteiger partial charge in [-0.05, 0) is 49.2 Å². The van der Waals surface area contributed by atoms with Crippen LogP contribution in [0.25, 0.3) is 11.5 Å². The van der Waals surface area contributed by atoms with Gasteiger partial charge < -0.3 is 4.42 Å². The van der Waals surface area contributed by atoms with Crippen molar-refractivity contribution in [1.82, 2.24) is 14.5 Å². The smallest absolute Gasteiger partial charge is 0.247 e. The number of benzene rings is 2. The third-order valence-electron chi connectivity index (χ3n) is 4.81. The number of halogens is 3. The summed E-state index contributed by atoms with van der Waals surface area (Å²) in [6.45, 7) is 0.304. The minimum Gasteiger partial charge on any atom is -0.420 e. The van der Waals surface area contributed by atoms with Crippen molar-refractivity contribution in [2.45, 2.75) is 23.7 Å². The predicted octanol–water partition coefficient (Wildman–Crippen LogP) is 3.72. The normalized spacial score (nSPS) is 16.2. The van der Waals surface area contributed by atoms with Gasteiger partial charge in [0.15, 0.2) is 0 Å². The van der Waals surface area contributed by atoms with Crippen LogP contribution < -0.4 is 0 Å². The van der Waals surface area contributed by atoms with E-state index in [1.54, 1.807) is 0 Å². The lowest BCUT2D eigenvalue weighted by molar-refractivity contribution is 0.291. The van der Waals surface area contributed by atoms with E-state index in [-0.39, 0.29) is 30.7 Å². The van der Waals surface area contributed by atoms with Gasteiger partial charge in [0.25, 0.3) is 0 Å². The largest absolute Gasteiger partial charge is 0.420 e. The first-order chi connectivity index (χ1) is 13.8. The molecule has 1 saturated heterocycles. The molecule has 0 radical (unpaired) electrons. The number of piperidine rings is 1. The van der Waals surface area contributed by atoms with Gasteiger partial charge >= 0.3 is 0 Å². The minimum atomic E-state index is -4.00. The number of sulfonamides is 1. The van der Waals surface area contributed by atoms with Crippen molar-refractivity contribution >= 4 is 10.0 Å². The first kappa shape index (κ1) is 19.6. The SMILES string of the molecule is O=S(=O)(c1cc(F)cc(F)c1)N1CCC(c2nnc(-c3ccc(F)cc3)o2)CC1. The third-order valence-corrected chi connectivity index (χ3v) is 6.69. The van der Waals surface area contributed by atoms with Gasteiger partial charge in [-0.15, -0.1) is 10.2 Å². The van der Waals surface area contributed by atoms with Crippen LogP contribution in [0, 0.1) is 17.5 Å². The summed E-state index contributed by atoms with van der Waals surface area (Å²) in [7, 11) is -4.00. The van der Waals surface area contributed by atoms with E-state index in [2.05, 4.69) is 10.2 Å². The highest BCUT2D eigenvalue weighted by Gasteiger charge is 2.32. The van der Waals surface area contributed by atoms with Gasteiger partial charge in [-0.1, -0.05) is 0 Å². The Morgan fingerprint density at radius 1 is 0.897 bits per heavy atom. The lowest BCUT2D eigenvalue weighted by atomic mass is 9.98. The lowest BCUT2D eigenvalue weighted by Crippen LogP contribution is -2.38. The van der Waals surface area contributed by atoms with E-state index in [1.807, 2.05) is 0 Å². The van der Waals surface area contributed by atoms with Gasteiger partial charge in [0, 0.05) is 30.6 Å². The van der Waals surface area contributed by atoms with Crippen molar-refractivity contribution in [3.8, 4) is 11.5 Å². The molecule has 0 spiro atoms. The topological polar surface area (TPSA) is 76.3 Å². The quantitative estimate of drug-likeness (QED) is 0.639. The maximum Gasteiger partial charge on any atom is 0.247 e. The summed E-state index contributed by atoms with van der Waals surface area (Å²) in [5, 5.41) is 8.00. The Hall–Kier alpha value is -2.72. The van der Waals surface area contributed by atoms with Gasteiger partial charge in [-0.3, -0.25) is 0 Å². The van der Waals surface area contributed by atoms with Crippen LogP contribution in [0.2, 0.25) is 0 Å². The standard InChI is InChI=1S/C19H16F3N3O3S/c20-14-3-1-12(2-4-14)18-23-24-19(28-18)13-5-7-25(8-6-13)29(26,27)17-10-15(21)9-16(22)11-17/h1-4,9-11,13H,5-8H2. The molecule has 10 heteroatoms. The van der Waals surface area contributed by atoms with Gasteiger partial charge in [0.2, 0.25) is 21.8 Å². The molecular weight excluding hydrogens is 407 g/mol. The average Bonchev–Trinajstić information content (AvgIpc) is 3.18. The Morgan fingerprint density at radius 3 is 2.14 bits per heavy atom. The molecule has 6 nitrogen and oxygen atoms in total. The van der Waals surface area contributed by atoms with Crippen LogP contribution in [0.5, 0.6) is 0 Å². The molecule has 1 fully saturated rings. The number of hydrogen-bond donors (Lipinski definition) is 0.